The first-order chi connectivity index (χ1) is 14.1. The van der Waals surface area contributed by atoms with Crippen LogP contribution in [0.1, 0.15) is 66.9 Å². The van der Waals surface area contributed by atoms with Gasteiger partial charge < -0.3 is 10.2 Å². The monoisotopic (exact) mass is 392 g/mol. The number of nitrogens with one attached hydrogen (secondary N) is 1. The van der Waals surface area contributed by atoms with Gasteiger partial charge in [0.05, 0.1) is 0 Å². The van der Waals surface area contributed by atoms with Gasteiger partial charge in [0.25, 0.3) is 0 Å². The standard InChI is InChI=1S/C25H32N2O2/c1-3-7-24(28)26-23-14-16-27(17-15-23)18-19(2)20-10-12-22(13-11-20)25(29)21-8-5-4-6-9-21/h4-6,8-13,19,23H,3,7,14-18H2,1-2H3,(H,26,28). The van der Waals surface area contributed by atoms with Crippen LogP contribution in [0, 0.1) is 0 Å². The van der Waals surface area contributed by atoms with Crippen molar-refractivity contribution in [1.29, 1.82) is 0 Å². The summed E-state index contributed by atoms with van der Waals surface area (Å²) in [4.78, 5) is 26.8. The van der Waals surface area contributed by atoms with Gasteiger partial charge in [-0.3, -0.25) is 9.59 Å². The molecule has 1 heterocycles. The summed E-state index contributed by atoms with van der Waals surface area (Å²) in [5.41, 5.74) is 2.71. The number of likely N-dealkylation sites (tertiary alicyclic amines) is 1. The van der Waals surface area contributed by atoms with Crippen molar-refractivity contribution in [2.24, 2.45) is 0 Å². The minimum absolute atomic E-state index is 0.0667. The Balaban J connectivity index is 1.49. The molecule has 2 aromatic carbocycles. The molecule has 1 N–H and O–H groups in total. The third-order valence-corrected chi connectivity index (χ3v) is 5.74. The van der Waals surface area contributed by atoms with Crippen LogP contribution in [0.2, 0.25) is 0 Å². The zero-order valence-electron chi connectivity index (χ0n) is 17.6. The maximum absolute atomic E-state index is 12.6. The zero-order chi connectivity index (χ0) is 20.6. The maximum atomic E-state index is 12.6. The van der Waals surface area contributed by atoms with Gasteiger partial charge in [-0.15, -0.1) is 0 Å². The molecular formula is C25H32N2O2. The van der Waals surface area contributed by atoms with Crippen LogP contribution >= 0.6 is 0 Å². The van der Waals surface area contributed by atoms with Crippen molar-refractivity contribution in [1.82, 2.24) is 10.2 Å². The third kappa shape index (κ3) is 6.01. The van der Waals surface area contributed by atoms with Crippen LogP contribution in [0.3, 0.4) is 0 Å². The number of nitrogens with zero attached hydrogens (tertiary/aromatic N) is 1. The summed E-state index contributed by atoms with van der Waals surface area (Å²) in [6.45, 7) is 7.32. The Kier molecular flexibility index (Phi) is 7.59. The molecule has 1 atom stereocenters. The Morgan fingerprint density at radius 1 is 1.00 bits per heavy atom. The molecule has 0 spiro atoms. The van der Waals surface area contributed by atoms with Crippen molar-refractivity contribution < 1.29 is 9.59 Å². The molecule has 3 rings (SSSR count). The van der Waals surface area contributed by atoms with Crippen LogP contribution in [-0.4, -0.2) is 42.3 Å². The van der Waals surface area contributed by atoms with Crippen molar-refractivity contribution in [3.63, 3.8) is 0 Å². The summed E-state index contributed by atoms with van der Waals surface area (Å²) in [5.74, 6) is 0.656. The Morgan fingerprint density at radius 3 is 2.24 bits per heavy atom. The smallest absolute Gasteiger partial charge is 0.220 e. The van der Waals surface area contributed by atoms with E-state index >= 15 is 0 Å². The Hall–Kier alpha value is -2.46. The molecular weight excluding hydrogens is 360 g/mol. The molecule has 0 radical (unpaired) electrons. The van der Waals surface area contributed by atoms with Gasteiger partial charge in [0, 0.05) is 43.2 Å². The second kappa shape index (κ2) is 10.4. The number of benzene rings is 2. The highest BCUT2D eigenvalue weighted by molar-refractivity contribution is 6.08. The molecule has 1 saturated heterocycles. The van der Waals surface area contributed by atoms with E-state index in [4.69, 9.17) is 0 Å². The van der Waals surface area contributed by atoms with Gasteiger partial charge in [-0.25, -0.2) is 0 Å². The number of piperidine rings is 1. The van der Waals surface area contributed by atoms with Crippen molar-refractivity contribution in [3.05, 3.63) is 71.3 Å². The van der Waals surface area contributed by atoms with Gasteiger partial charge in [-0.05, 0) is 30.7 Å². The van der Waals surface area contributed by atoms with E-state index < -0.39 is 0 Å². The minimum Gasteiger partial charge on any atom is -0.353 e. The number of rotatable bonds is 8. The van der Waals surface area contributed by atoms with Crippen molar-refractivity contribution >= 4 is 11.7 Å². The van der Waals surface area contributed by atoms with Crippen LogP contribution in [0.15, 0.2) is 54.6 Å². The number of hydrogen-bond donors (Lipinski definition) is 1. The lowest BCUT2D eigenvalue weighted by Gasteiger charge is -2.34. The van der Waals surface area contributed by atoms with Crippen LogP contribution in [0.5, 0.6) is 0 Å². The molecule has 1 aliphatic rings. The first kappa shape index (κ1) is 21.3. The number of hydrogen-bond acceptors (Lipinski definition) is 3. The van der Waals surface area contributed by atoms with E-state index in [2.05, 4.69) is 29.3 Å². The lowest BCUT2D eigenvalue weighted by molar-refractivity contribution is -0.122. The normalized spacial score (nSPS) is 16.3. The maximum Gasteiger partial charge on any atom is 0.220 e. The summed E-state index contributed by atoms with van der Waals surface area (Å²) in [5, 5.41) is 3.16. The SMILES string of the molecule is CCCC(=O)NC1CCN(CC(C)c2ccc(C(=O)c3ccccc3)cc2)CC1. The average molecular weight is 393 g/mol. The number of carbonyl (C=O) groups is 2. The molecule has 0 aliphatic carbocycles. The molecule has 2 aromatic rings. The Bertz CT molecular complexity index is 793. The fourth-order valence-electron chi connectivity index (χ4n) is 4.00. The summed E-state index contributed by atoms with van der Waals surface area (Å²) in [7, 11) is 0. The van der Waals surface area contributed by atoms with Gasteiger partial charge in [0.2, 0.25) is 5.91 Å². The molecule has 0 saturated carbocycles. The van der Waals surface area contributed by atoms with E-state index in [-0.39, 0.29) is 11.7 Å². The lowest BCUT2D eigenvalue weighted by Crippen LogP contribution is -2.45. The first-order valence-electron chi connectivity index (χ1n) is 10.8. The fourth-order valence-corrected chi connectivity index (χ4v) is 4.00. The van der Waals surface area contributed by atoms with Crippen molar-refractivity contribution in [2.45, 2.75) is 51.5 Å². The number of carbonyl (C=O) groups excluding carboxylic acids is 2. The predicted molar refractivity (Wildman–Crippen MR) is 117 cm³/mol. The van der Waals surface area contributed by atoms with Crippen LogP contribution in [-0.2, 0) is 4.79 Å². The topological polar surface area (TPSA) is 49.4 Å². The fraction of sp³-hybridized carbons (Fsp3) is 0.440. The van der Waals surface area contributed by atoms with Crippen molar-refractivity contribution in [3.8, 4) is 0 Å². The molecule has 0 aromatic heterocycles. The number of ketones is 1. The van der Waals surface area contributed by atoms with Gasteiger partial charge in [-0.1, -0.05) is 68.4 Å². The zero-order valence-corrected chi connectivity index (χ0v) is 17.6. The van der Waals surface area contributed by atoms with Crippen LogP contribution in [0.4, 0.5) is 0 Å². The first-order valence-corrected chi connectivity index (χ1v) is 10.8. The van der Waals surface area contributed by atoms with E-state index in [1.807, 2.05) is 49.4 Å². The predicted octanol–water partition coefficient (Wildman–Crippen LogP) is 4.40. The summed E-state index contributed by atoms with van der Waals surface area (Å²) < 4.78 is 0. The lowest BCUT2D eigenvalue weighted by atomic mass is 9.95. The van der Waals surface area contributed by atoms with Crippen LogP contribution < -0.4 is 5.32 Å². The van der Waals surface area contributed by atoms with E-state index in [0.29, 0.717) is 18.4 Å². The highest BCUT2D eigenvalue weighted by Gasteiger charge is 2.22. The quantitative estimate of drug-likeness (QED) is 0.678. The largest absolute Gasteiger partial charge is 0.353 e. The molecule has 1 amide bonds. The van der Waals surface area contributed by atoms with E-state index in [0.717, 1.165) is 50.0 Å². The third-order valence-electron chi connectivity index (χ3n) is 5.74. The Labute approximate surface area is 174 Å². The Morgan fingerprint density at radius 2 is 1.62 bits per heavy atom. The highest BCUT2D eigenvalue weighted by atomic mass is 16.1. The summed E-state index contributed by atoms with van der Waals surface area (Å²) in [6.07, 6.45) is 3.57. The van der Waals surface area contributed by atoms with Crippen LogP contribution in [0.25, 0.3) is 0 Å². The summed E-state index contributed by atoms with van der Waals surface area (Å²) >= 11 is 0. The van der Waals surface area contributed by atoms with E-state index in [9.17, 15) is 9.59 Å². The van der Waals surface area contributed by atoms with Gasteiger partial charge in [0.15, 0.2) is 5.78 Å². The van der Waals surface area contributed by atoms with Gasteiger partial charge >= 0.3 is 0 Å². The average Bonchev–Trinajstić information content (AvgIpc) is 2.75. The molecule has 4 nitrogen and oxygen atoms in total. The second-order valence-corrected chi connectivity index (χ2v) is 8.11. The second-order valence-electron chi connectivity index (χ2n) is 8.11. The molecule has 1 fully saturated rings. The molecule has 4 heteroatoms. The van der Waals surface area contributed by atoms with E-state index in [1.165, 1.54) is 5.56 Å². The summed E-state index contributed by atoms with van der Waals surface area (Å²) in [6, 6.07) is 17.8. The van der Waals surface area contributed by atoms with E-state index in [1.54, 1.807) is 0 Å². The molecule has 154 valence electrons. The molecule has 29 heavy (non-hydrogen) atoms. The van der Waals surface area contributed by atoms with Gasteiger partial charge in [-0.2, -0.15) is 0 Å². The minimum atomic E-state index is 0.0667. The molecule has 1 aliphatic heterocycles. The highest BCUT2D eigenvalue weighted by Crippen LogP contribution is 2.21. The van der Waals surface area contributed by atoms with Gasteiger partial charge in [0.1, 0.15) is 0 Å². The van der Waals surface area contributed by atoms with Crippen molar-refractivity contribution in [2.75, 3.05) is 19.6 Å². The molecule has 1 unspecified atom stereocenters. The molecule has 0 bridgehead atoms. The number of amides is 1.